The minimum absolute atomic E-state index is 0.0837. The first-order valence-corrected chi connectivity index (χ1v) is 10.1. The van der Waals surface area contributed by atoms with Gasteiger partial charge in [0, 0.05) is 17.1 Å². The molecular formula is C19H15BrClF2N3O9. The van der Waals surface area contributed by atoms with Crippen molar-refractivity contribution < 1.29 is 54.1 Å². The zero-order valence-corrected chi connectivity index (χ0v) is 19.5. The highest BCUT2D eigenvalue weighted by Crippen LogP contribution is 2.43. The number of alkyl halides is 1. The fourth-order valence-corrected chi connectivity index (χ4v) is 3.72. The Kier molecular flexibility index (Phi) is 7.89. The summed E-state index contributed by atoms with van der Waals surface area (Å²) in [5, 5.41) is 76.4. The molecule has 0 aliphatic rings. The number of rotatable bonds is 8. The number of anilines is 2. The van der Waals surface area contributed by atoms with Gasteiger partial charge >= 0.3 is 18.0 Å². The van der Waals surface area contributed by atoms with Gasteiger partial charge < -0.3 is 40.6 Å². The van der Waals surface area contributed by atoms with Crippen LogP contribution in [0.5, 0.6) is 0 Å². The lowest BCUT2D eigenvalue weighted by Gasteiger charge is -2.39. The highest BCUT2D eigenvalue weighted by atomic mass is 79.9. The van der Waals surface area contributed by atoms with E-state index >= 15 is 0 Å². The molecule has 0 aliphatic carbocycles. The molecule has 0 atom stereocenters. The maximum absolute atomic E-state index is 13.8. The van der Waals surface area contributed by atoms with E-state index in [0.29, 0.717) is 19.2 Å². The van der Waals surface area contributed by atoms with Crippen LogP contribution < -0.4 is 9.80 Å². The third kappa shape index (κ3) is 5.26. The van der Waals surface area contributed by atoms with Gasteiger partial charge in [0.2, 0.25) is 6.41 Å². The van der Waals surface area contributed by atoms with Crippen molar-refractivity contribution in [3.63, 3.8) is 0 Å². The SMILES string of the molecule is CN(c1cc(Br)c(C(=O)c2cc(F)ccc2Cl)c(C#N)c1N(C=O)C(O)(O)O)C(O)(O)C(O)(O)F. The number of amides is 1. The number of nitriles is 1. The minimum atomic E-state index is -4.76. The predicted molar refractivity (Wildman–Crippen MR) is 115 cm³/mol. The van der Waals surface area contributed by atoms with E-state index in [4.69, 9.17) is 21.8 Å². The number of carbonyl (C=O) groups is 2. The topological polar surface area (TPSA) is 206 Å². The number of benzene rings is 2. The number of hydrogen-bond donors (Lipinski definition) is 7. The molecule has 16 heteroatoms. The number of hydrogen-bond acceptors (Lipinski definition) is 11. The lowest BCUT2D eigenvalue weighted by atomic mass is 9.95. The quantitative estimate of drug-likeness (QED) is 0.121. The number of carbonyl (C=O) groups excluding carboxylic acids is 2. The largest absolute Gasteiger partial charge is 0.392 e. The van der Waals surface area contributed by atoms with Crippen LogP contribution in [0.2, 0.25) is 5.02 Å². The number of nitrogens with zero attached hydrogens (tertiary/aromatic N) is 3. The van der Waals surface area contributed by atoms with Crippen molar-refractivity contribution in [2.24, 2.45) is 0 Å². The Labute approximate surface area is 207 Å². The van der Waals surface area contributed by atoms with Crippen LogP contribution in [0.3, 0.4) is 0 Å². The number of halogens is 4. The Morgan fingerprint density at radius 2 is 1.74 bits per heavy atom. The molecule has 35 heavy (non-hydrogen) atoms. The van der Waals surface area contributed by atoms with Crippen molar-refractivity contribution in [3.05, 3.63) is 56.3 Å². The summed E-state index contributed by atoms with van der Waals surface area (Å²) in [5.74, 6) is -6.29. The molecule has 1 amide bonds. The average molecular weight is 583 g/mol. The zero-order valence-electron chi connectivity index (χ0n) is 17.2. The van der Waals surface area contributed by atoms with E-state index in [2.05, 4.69) is 15.9 Å². The second-order valence-corrected chi connectivity index (χ2v) is 8.16. The monoisotopic (exact) mass is 581 g/mol. The van der Waals surface area contributed by atoms with Crippen molar-refractivity contribution >= 4 is 51.1 Å². The van der Waals surface area contributed by atoms with Crippen LogP contribution in [0.25, 0.3) is 0 Å². The van der Waals surface area contributed by atoms with Crippen LogP contribution in [0.1, 0.15) is 21.5 Å². The van der Waals surface area contributed by atoms with Gasteiger partial charge in [0.15, 0.2) is 5.78 Å². The molecule has 188 valence electrons. The fourth-order valence-electron chi connectivity index (χ4n) is 2.92. The van der Waals surface area contributed by atoms with Crippen LogP contribution in [-0.4, -0.2) is 73.0 Å². The molecule has 0 spiro atoms. The zero-order chi connectivity index (χ0) is 27.1. The molecule has 2 aromatic rings. The second-order valence-electron chi connectivity index (χ2n) is 6.90. The summed E-state index contributed by atoms with van der Waals surface area (Å²) in [6.45, 7) is 0. The van der Waals surface area contributed by atoms with E-state index in [1.165, 1.54) is 6.07 Å². The Hall–Kier alpha value is -2.78. The Bertz CT molecular complexity index is 1230. The molecular weight excluding hydrogens is 568 g/mol. The molecule has 2 rings (SSSR count). The van der Waals surface area contributed by atoms with Gasteiger partial charge in [-0.2, -0.15) is 9.65 Å². The third-order valence-corrected chi connectivity index (χ3v) is 5.62. The van der Waals surface area contributed by atoms with E-state index in [-0.39, 0.29) is 9.92 Å². The molecule has 0 radical (unpaired) electrons. The summed E-state index contributed by atoms with van der Waals surface area (Å²) in [6, 6.07) is -0.00891. The van der Waals surface area contributed by atoms with Gasteiger partial charge in [-0.25, -0.2) is 9.29 Å². The standard InChI is InChI=1S/C19H15BrClF2N3O9/c1-25(18(31,32)17(23,29)30)13-5-11(20)14(16(28)9-4-8(22)2-3-12(9)21)10(6-24)15(13)26(7-27)19(33,34)35/h2-5,7,29-35H,1H3. The van der Waals surface area contributed by atoms with E-state index in [0.717, 1.165) is 12.1 Å². The molecule has 0 aromatic heterocycles. The summed E-state index contributed by atoms with van der Waals surface area (Å²) >= 11 is 8.85. The minimum Gasteiger partial charge on any atom is -0.342 e. The van der Waals surface area contributed by atoms with Crippen molar-refractivity contribution in [1.82, 2.24) is 0 Å². The van der Waals surface area contributed by atoms with Gasteiger partial charge in [-0.3, -0.25) is 9.59 Å². The molecule has 0 bridgehead atoms. The normalized spacial score (nSPS) is 12.2. The van der Waals surface area contributed by atoms with Gasteiger partial charge in [-0.15, -0.1) is 0 Å². The lowest BCUT2D eigenvalue weighted by molar-refractivity contribution is -0.411. The molecule has 7 N–H and O–H groups in total. The van der Waals surface area contributed by atoms with Crippen molar-refractivity contribution in [3.8, 4) is 6.07 Å². The van der Waals surface area contributed by atoms with E-state index in [1.807, 2.05) is 0 Å². The predicted octanol–water partition coefficient (Wildman–Crippen LogP) is -0.422. The van der Waals surface area contributed by atoms with Gasteiger partial charge in [-0.05, 0) is 40.2 Å². The van der Waals surface area contributed by atoms with Gasteiger partial charge in [0.05, 0.1) is 27.5 Å². The van der Waals surface area contributed by atoms with Crippen LogP contribution in [0.4, 0.5) is 20.2 Å². The van der Waals surface area contributed by atoms with Gasteiger partial charge in [0.25, 0.3) is 0 Å². The highest BCUT2D eigenvalue weighted by Gasteiger charge is 2.54. The van der Waals surface area contributed by atoms with E-state index < -0.39 is 73.5 Å². The number of likely N-dealkylation sites (N-methyl/N-ethyl adjacent to an activating group) is 1. The van der Waals surface area contributed by atoms with Crippen molar-refractivity contribution in [2.45, 2.75) is 18.0 Å². The molecule has 0 aliphatic heterocycles. The first-order valence-electron chi connectivity index (χ1n) is 8.90. The molecule has 2 aromatic carbocycles. The Morgan fingerprint density at radius 1 is 1.17 bits per heavy atom. The highest BCUT2D eigenvalue weighted by molar-refractivity contribution is 9.10. The smallest absolute Gasteiger partial charge is 0.342 e. The molecule has 0 fully saturated rings. The summed E-state index contributed by atoms with van der Waals surface area (Å²) in [6.07, 6.45) is -4.56. The van der Waals surface area contributed by atoms with Gasteiger partial charge in [0.1, 0.15) is 11.9 Å². The first-order chi connectivity index (χ1) is 15.9. The maximum atomic E-state index is 13.8. The third-order valence-electron chi connectivity index (χ3n) is 4.67. The van der Waals surface area contributed by atoms with E-state index in [1.54, 1.807) is 0 Å². The van der Waals surface area contributed by atoms with E-state index in [9.17, 15) is 49.2 Å². The van der Waals surface area contributed by atoms with Crippen LogP contribution >= 0.6 is 27.5 Å². The molecule has 0 unspecified atom stereocenters. The molecule has 0 saturated carbocycles. The summed E-state index contributed by atoms with van der Waals surface area (Å²) < 4.78 is 27.0. The van der Waals surface area contributed by atoms with Crippen LogP contribution in [0.15, 0.2) is 28.7 Å². The number of aliphatic hydroxyl groups is 7. The lowest BCUT2D eigenvalue weighted by Crippen LogP contribution is -2.62. The Balaban J connectivity index is 3.03. The Morgan fingerprint density at radius 3 is 2.20 bits per heavy atom. The number of ketones is 1. The molecule has 0 heterocycles. The molecule has 12 nitrogen and oxygen atoms in total. The van der Waals surface area contributed by atoms with Crippen LogP contribution in [0, 0.1) is 17.1 Å². The first kappa shape index (κ1) is 28.5. The maximum Gasteiger partial charge on any atom is 0.392 e. The van der Waals surface area contributed by atoms with Gasteiger partial charge in [-0.1, -0.05) is 11.6 Å². The van der Waals surface area contributed by atoms with Crippen molar-refractivity contribution in [1.29, 1.82) is 5.26 Å². The summed E-state index contributed by atoms with van der Waals surface area (Å²) in [7, 11) is 0.592. The average Bonchev–Trinajstić information content (AvgIpc) is 2.73. The summed E-state index contributed by atoms with van der Waals surface area (Å²) in [4.78, 5) is 24.3. The molecule has 0 saturated heterocycles. The fraction of sp³-hybridized carbons (Fsp3) is 0.211. The summed E-state index contributed by atoms with van der Waals surface area (Å²) in [5.41, 5.74) is -4.29. The van der Waals surface area contributed by atoms with Crippen molar-refractivity contribution in [2.75, 3.05) is 16.8 Å². The van der Waals surface area contributed by atoms with Crippen LogP contribution in [-0.2, 0) is 4.79 Å². The second kappa shape index (κ2) is 9.70.